The molecule has 1 atom stereocenters. The second-order valence-corrected chi connectivity index (χ2v) is 7.02. The topological polar surface area (TPSA) is 72.2 Å². The van der Waals surface area contributed by atoms with Gasteiger partial charge in [-0.3, -0.25) is 4.72 Å². The molecule has 2 rings (SSSR count). The predicted octanol–water partition coefficient (Wildman–Crippen LogP) is 3.12. The van der Waals surface area contributed by atoms with E-state index in [0.29, 0.717) is 5.69 Å². The molecule has 2 aromatic carbocycles. The van der Waals surface area contributed by atoms with Crippen LogP contribution in [-0.4, -0.2) is 8.42 Å². The first-order valence-electron chi connectivity index (χ1n) is 6.74. The lowest BCUT2D eigenvalue weighted by Crippen LogP contribution is -2.13. The predicted molar refractivity (Wildman–Crippen MR) is 85.8 cm³/mol. The quantitative estimate of drug-likeness (QED) is 0.911. The third-order valence-corrected chi connectivity index (χ3v) is 4.59. The largest absolute Gasteiger partial charge is 0.324 e. The summed E-state index contributed by atoms with van der Waals surface area (Å²) in [6.07, 6.45) is 0. The van der Waals surface area contributed by atoms with Gasteiger partial charge in [0.1, 0.15) is 0 Å². The Kier molecular flexibility index (Phi) is 4.34. The van der Waals surface area contributed by atoms with Crippen LogP contribution in [0.2, 0.25) is 0 Å². The molecule has 5 heteroatoms. The van der Waals surface area contributed by atoms with Gasteiger partial charge in [0.05, 0.1) is 4.90 Å². The van der Waals surface area contributed by atoms with Crippen molar-refractivity contribution in [2.24, 2.45) is 5.73 Å². The number of aryl methyl sites for hydroxylation is 2. The van der Waals surface area contributed by atoms with Crippen molar-refractivity contribution in [2.75, 3.05) is 4.72 Å². The summed E-state index contributed by atoms with van der Waals surface area (Å²) in [5.41, 5.74) is 9.27. The summed E-state index contributed by atoms with van der Waals surface area (Å²) in [5.74, 6) is 0. The zero-order valence-electron chi connectivity index (χ0n) is 12.4. The number of benzene rings is 2. The summed E-state index contributed by atoms with van der Waals surface area (Å²) in [5, 5.41) is 0. The normalized spacial score (nSPS) is 13.0. The molecule has 0 aliphatic carbocycles. The Labute approximate surface area is 126 Å². The maximum Gasteiger partial charge on any atom is 0.261 e. The average molecular weight is 304 g/mol. The molecule has 0 bridgehead atoms. The van der Waals surface area contributed by atoms with Gasteiger partial charge in [-0.05, 0) is 61.7 Å². The minimum atomic E-state index is -3.58. The summed E-state index contributed by atoms with van der Waals surface area (Å²) in [6, 6.07) is 12.1. The molecule has 0 heterocycles. The van der Waals surface area contributed by atoms with E-state index in [0.717, 1.165) is 16.7 Å². The van der Waals surface area contributed by atoms with Crippen molar-refractivity contribution in [3.8, 4) is 0 Å². The van der Waals surface area contributed by atoms with Gasteiger partial charge in [-0.2, -0.15) is 0 Å². The highest BCUT2D eigenvalue weighted by Gasteiger charge is 2.14. The monoisotopic (exact) mass is 304 g/mol. The van der Waals surface area contributed by atoms with Gasteiger partial charge >= 0.3 is 0 Å². The second-order valence-electron chi connectivity index (χ2n) is 5.34. The highest BCUT2D eigenvalue weighted by molar-refractivity contribution is 7.92. The van der Waals surface area contributed by atoms with Crippen LogP contribution in [0.25, 0.3) is 0 Å². The van der Waals surface area contributed by atoms with Gasteiger partial charge in [0, 0.05) is 11.7 Å². The first kappa shape index (κ1) is 15.5. The van der Waals surface area contributed by atoms with Crippen LogP contribution in [0.4, 0.5) is 5.69 Å². The van der Waals surface area contributed by atoms with Crippen molar-refractivity contribution in [2.45, 2.75) is 31.7 Å². The highest BCUT2D eigenvalue weighted by Crippen LogP contribution is 2.20. The fourth-order valence-corrected chi connectivity index (χ4v) is 3.24. The van der Waals surface area contributed by atoms with E-state index in [1.54, 1.807) is 36.4 Å². The molecule has 0 saturated carbocycles. The minimum absolute atomic E-state index is 0.117. The van der Waals surface area contributed by atoms with E-state index in [-0.39, 0.29) is 10.9 Å². The van der Waals surface area contributed by atoms with Gasteiger partial charge in [-0.15, -0.1) is 0 Å². The number of sulfonamides is 1. The molecule has 0 aromatic heterocycles. The Morgan fingerprint density at radius 2 is 1.52 bits per heavy atom. The van der Waals surface area contributed by atoms with E-state index in [1.165, 1.54) is 0 Å². The summed E-state index contributed by atoms with van der Waals surface area (Å²) >= 11 is 0. The first-order chi connectivity index (χ1) is 9.78. The second kappa shape index (κ2) is 5.87. The summed E-state index contributed by atoms with van der Waals surface area (Å²) < 4.78 is 27.3. The molecule has 21 heavy (non-hydrogen) atoms. The Morgan fingerprint density at radius 3 is 2.00 bits per heavy atom. The minimum Gasteiger partial charge on any atom is -0.324 e. The van der Waals surface area contributed by atoms with Crippen LogP contribution < -0.4 is 10.5 Å². The molecule has 0 aliphatic rings. The summed E-state index contributed by atoms with van der Waals surface area (Å²) in [7, 11) is -3.58. The fourth-order valence-electron chi connectivity index (χ4n) is 2.20. The average Bonchev–Trinajstić information content (AvgIpc) is 2.37. The van der Waals surface area contributed by atoms with Crippen LogP contribution in [0.15, 0.2) is 47.4 Å². The number of anilines is 1. The van der Waals surface area contributed by atoms with Gasteiger partial charge in [0.2, 0.25) is 0 Å². The fraction of sp³-hybridized carbons (Fsp3) is 0.250. The molecule has 0 spiro atoms. The summed E-state index contributed by atoms with van der Waals surface area (Å²) in [4.78, 5) is 0.228. The molecule has 0 radical (unpaired) electrons. The molecule has 0 aliphatic heterocycles. The SMILES string of the molecule is Cc1cc(C)cc(NS(=O)(=O)c2ccc(C(C)N)cc2)c1. The van der Waals surface area contributed by atoms with Gasteiger partial charge in [-0.25, -0.2) is 8.42 Å². The number of hydrogen-bond donors (Lipinski definition) is 2. The molecular formula is C16H20N2O2S. The van der Waals surface area contributed by atoms with E-state index < -0.39 is 10.0 Å². The van der Waals surface area contributed by atoms with Crippen LogP contribution in [-0.2, 0) is 10.0 Å². The Hall–Kier alpha value is -1.85. The number of nitrogens with one attached hydrogen (secondary N) is 1. The van der Waals surface area contributed by atoms with E-state index in [2.05, 4.69) is 4.72 Å². The molecule has 3 N–H and O–H groups in total. The third kappa shape index (κ3) is 3.83. The summed E-state index contributed by atoms with van der Waals surface area (Å²) in [6.45, 7) is 5.72. The number of hydrogen-bond acceptors (Lipinski definition) is 3. The van der Waals surface area contributed by atoms with E-state index in [1.807, 2.05) is 26.8 Å². The maximum atomic E-state index is 12.4. The van der Waals surface area contributed by atoms with Crippen molar-refractivity contribution in [3.05, 3.63) is 59.2 Å². The number of nitrogens with two attached hydrogens (primary N) is 1. The zero-order valence-corrected chi connectivity index (χ0v) is 13.2. The molecule has 0 saturated heterocycles. The Bertz CT molecular complexity index is 715. The lowest BCUT2D eigenvalue weighted by atomic mass is 10.1. The number of rotatable bonds is 4. The molecule has 0 amide bonds. The van der Waals surface area contributed by atoms with E-state index >= 15 is 0 Å². The third-order valence-electron chi connectivity index (χ3n) is 3.19. The molecular weight excluding hydrogens is 284 g/mol. The highest BCUT2D eigenvalue weighted by atomic mass is 32.2. The first-order valence-corrected chi connectivity index (χ1v) is 8.23. The lowest BCUT2D eigenvalue weighted by molar-refractivity contribution is 0.601. The van der Waals surface area contributed by atoms with Gasteiger partial charge < -0.3 is 5.73 Å². The molecule has 4 nitrogen and oxygen atoms in total. The van der Waals surface area contributed by atoms with Crippen molar-refractivity contribution >= 4 is 15.7 Å². The molecule has 0 fully saturated rings. The van der Waals surface area contributed by atoms with Crippen molar-refractivity contribution < 1.29 is 8.42 Å². The van der Waals surface area contributed by atoms with Gasteiger partial charge in [-0.1, -0.05) is 18.2 Å². The van der Waals surface area contributed by atoms with E-state index in [9.17, 15) is 8.42 Å². The Balaban J connectivity index is 2.29. The van der Waals surface area contributed by atoms with Crippen LogP contribution in [0, 0.1) is 13.8 Å². The molecule has 1 unspecified atom stereocenters. The van der Waals surface area contributed by atoms with E-state index in [4.69, 9.17) is 5.73 Å². The van der Waals surface area contributed by atoms with Crippen LogP contribution in [0.3, 0.4) is 0 Å². The zero-order chi connectivity index (χ0) is 15.6. The van der Waals surface area contributed by atoms with Crippen molar-refractivity contribution in [1.29, 1.82) is 0 Å². The molecule has 112 valence electrons. The smallest absolute Gasteiger partial charge is 0.261 e. The van der Waals surface area contributed by atoms with Crippen molar-refractivity contribution in [1.82, 2.24) is 0 Å². The van der Waals surface area contributed by atoms with Gasteiger partial charge in [0.25, 0.3) is 10.0 Å². The maximum absolute atomic E-state index is 12.4. The lowest BCUT2D eigenvalue weighted by Gasteiger charge is -2.11. The van der Waals surface area contributed by atoms with Crippen LogP contribution >= 0.6 is 0 Å². The van der Waals surface area contributed by atoms with Gasteiger partial charge in [0.15, 0.2) is 0 Å². The van der Waals surface area contributed by atoms with Crippen LogP contribution in [0.5, 0.6) is 0 Å². The van der Waals surface area contributed by atoms with Crippen LogP contribution in [0.1, 0.15) is 29.7 Å². The molecule has 2 aromatic rings. The standard InChI is InChI=1S/C16H20N2O2S/c1-11-8-12(2)10-15(9-11)18-21(19,20)16-6-4-14(5-7-16)13(3)17/h4-10,13,18H,17H2,1-3H3. The Morgan fingerprint density at radius 1 is 1.00 bits per heavy atom. The van der Waals surface area contributed by atoms with Crippen molar-refractivity contribution in [3.63, 3.8) is 0 Å².